The second kappa shape index (κ2) is 8.60. The molecule has 0 unspecified atom stereocenters. The maximum atomic E-state index is 12.0. The normalized spacial score (nSPS) is 11.5. The van der Waals surface area contributed by atoms with Crippen LogP contribution < -0.4 is 4.72 Å². The number of nitrogens with one attached hydrogen (secondary N) is 1. The Balaban J connectivity index is 2.66. The van der Waals surface area contributed by atoms with E-state index in [9.17, 15) is 13.2 Å². The van der Waals surface area contributed by atoms with Gasteiger partial charge in [-0.1, -0.05) is 11.6 Å². The van der Waals surface area contributed by atoms with Crippen LogP contribution in [0.1, 0.15) is 16.8 Å². The number of benzene rings is 1. The Bertz CT molecular complexity index is 591. The van der Waals surface area contributed by atoms with E-state index in [2.05, 4.69) is 4.72 Å². The maximum Gasteiger partial charge on any atom is 0.337 e. The summed E-state index contributed by atoms with van der Waals surface area (Å²) >= 11 is 7.22. The van der Waals surface area contributed by atoms with Crippen molar-refractivity contribution in [3.63, 3.8) is 0 Å². The van der Waals surface area contributed by atoms with E-state index >= 15 is 0 Å². The molecule has 0 fully saturated rings. The minimum Gasteiger partial charge on any atom is -0.478 e. The lowest BCUT2D eigenvalue weighted by Crippen LogP contribution is -2.26. The van der Waals surface area contributed by atoms with Gasteiger partial charge in [-0.25, -0.2) is 17.9 Å². The van der Waals surface area contributed by atoms with E-state index < -0.39 is 16.0 Å². The molecule has 21 heavy (non-hydrogen) atoms. The third-order valence-electron chi connectivity index (χ3n) is 2.46. The highest BCUT2D eigenvalue weighted by Gasteiger charge is 2.17. The molecule has 0 aliphatic carbocycles. The Morgan fingerprint density at radius 2 is 2.05 bits per heavy atom. The fourth-order valence-electron chi connectivity index (χ4n) is 1.44. The van der Waals surface area contributed by atoms with Crippen molar-refractivity contribution in [1.82, 2.24) is 4.72 Å². The number of carboxylic acids is 1. The second-order valence-electron chi connectivity index (χ2n) is 4.03. The number of halogens is 1. The lowest BCUT2D eigenvalue weighted by atomic mass is 10.2. The van der Waals surface area contributed by atoms with E-state index in [1.54, 1.807) is 0 Å². The molecular formula is C12H16ClNO5S2. The van der Waals surface area contributed by atoms with Gasteiger partial charge in [0.25, 0.3) is 0 Å². The van der Waals surface area contributed by atoms with Crippen molar-refractivity contribution >= 4 is 39.4 Å². The number of hydrogen-bond donors (Lipinski definition) is 3. The molecule has 1 aromatic carbocycles. The monoisotopic (exact) mass is 353 g/mol. The number of aliphatic hydroxyl groups excluding tert-OH is 1. The zero-order valence-electron chi connectivity index (χ0n) is 11.1. The molecule has 9 heteroatoms. The highest BCUT2D eigenvalue weighted by atomic mass is 35.5. The molecule has 0 aliphatic heterocycles. The molecule has 0 amide bonds. The average molecular weight is 354 g/mol. The molecule has 0 aliphatic rings. The molecule has 118 valence electrons. The van der Waals surface area contributed by atoms with Gasteiger partial charge in [0.05, 0.1) is 15.5 Å². The van der Waals surface area contributed by atoms with Crippen molar-refractivity contribution in [2.45, 2.75) is 11.3 Å². The Kier molecular flexibility index (Phi) is 7.47. The van der Waals surface area contributed by atoms with Crippen LogP contribution >= 0.6 is 23.4 Å². The van der Waals surface area contributed by atoms with Crippen molar-refractivity contribution in [1.29, 1.82) is 0 Å². The van der Waals surface area contributed by atoms with E-state index in [1.807, 2.05) is 0 Å². The minimum absolute atomic E-state index is 0.0130. The van der Waals surface area contributed by atoms with Crippen LogP contribution in [-0.4, -0.2) is 49.3 Å². The first-order valence-corrected chi connectivity index (χ1v) is 9.11. The molecular weight excluding hydrogens is 338 g/mol. The predicted molar refractivity (Wildman–Crippen MR) is 82.6 cm³/mol. The Hall–Kier alpha value is -0.800. The van der Waals surface area contributed by atoms with E-state index in [4.69, 9.17) is 21.8 Å². The lowest BCUT2D eigenvalue weighted by Gasteiger charge is -2.08. The smallest absolute Gasteiger partial charge is 0.337 e. The van der Waals surface area contributed by atoms with E-state index in [-0.39, 0.29) is 28.6 Å². The fourth-order valence-corrected chi connectivity index (χ4v) is 3.60. The summed E-state index contributed by atoms with van der Waals surface area (Å²) in [7, 11) is -3.76. The van der Waals surface area contributed by atoms with Crippen LogP contribution in [0.4, 0.5) is 0 Å². The van der Waals surface area contributed by atoms with E-state index in [0.717, 1.165) is 11.8 Å². The molecule has 6 nitrogen and oxygen atoms in total. The number of sulfonamides is 1. The highest BCUT2D eigenvalue weighted by molar-refractivity contribution is 7.99. The van der Waals surface area contributed by atoms with Crippen LogP contribution in [0, 0.1) is 0 Å². The Morgan fingerprint density at radius 1 is 1.33 bits per heavy atom. The second-order valence-corrected chi connectivity index (χ2v) is 7.43. The van der Waals surface area contributed by atoms with Crippen LogP contribution in [0.3, 0.4) is 0 Å². The van der Waals surface area contributed by atoms with Crippen LogP contribution in [0.15, 0.2) is 23.1 Å². The van der Waals surface area contributed by atoms with Crippen molar-refractivity contribution in [2.24, 2.45) is 0 Å². The van der Waals surface area contributed by atoms with Crippen LogP contribution in [0.2, 0.25) is 5.02 Å². The zero-order valence-corrected chi connectivity index (χ0v) is 13.5. The van der Waals surface area contributed by atoms with Gasteiger partial charge in [-0.2, -0.15) is 11.8 Å². The standard InChI is InChI=1S/C12H16ClNO5S2/c13-11-3-2-9(8-10(11)12(16)17)21(18,19)14-4-7-20-6-1-5-15/h2-3,8,14-15H,1,4-7H2,(H,16,17). The summed E-state index contributed by atoms with van der Waals surface area (Å²) in [5, 5.41) is 17.5. The van der Waals surface area contributed by atoms with Crippen LogP contribution in [-0.2, 0) is 10.0 Å². The maximum absolute atomic E-state index is 12.0. The summed E-state index contributed by atoms with van der Waals surface area (Å²) in [6, 6.07) is 3.54. The Morgan fingerprint density at radius 3 is 2.67 bits per heavy atom. The van der Waals surface area contributed by atoms with Gasteiger partial charge in [0.1, 0.15) is 0 Å². The van der Waals surface area contributed by atoms with Gasteiger partial charge in [-0.3, -0.25) is 0 Å². The summed E-state index contributed by atoms with van der Waals surface area (Å²) in [5.41, 5.74) is -0.253. The minimum atomic E-state index is -3.76. The summed E-state index contributed by atoms with van der Waals surface area (Å²) in [4.78, 5) is 10.8. The number of rotatable bonds is 9. The molecule has 0 atom stereocenters. The Labute approximate surface area is 132 Å². The fraction of sp³-hybridized carbons (Fsp3) is 0.417. The SMILES string of the molecule is O=C(O)c1cc(S(=O)(=O)NCCSCCCO)ccc1Cl. The number of thioether (sulfide) groups is 1. The predicted octanol–water partition coefficient (Wildman–Crippen LogP) is 1.43. The summed E-state index contributed by atoms with van der Waals surface area (Å²) in [6.45, 7) is 0.338. The topological polar surface area (TPSA) is 104 Å². The molecule has 1 aromatic rings. The summed E-state index contributed by atoms with van der Waals surface area (Å²) in [6.07, 6.45) is 0.663. The molecule has 1 rings (SSSR count). The van der Waals surface area contributed by atoms with Crippen molar-refractivity contribution in [3.05, 3.63) is 28.8 Å². The highest BCUT2D eigenvalue weighted by Crippen LogP contribution is 2.20. The largest absolute Gasteiger partial charge is 0.478 e. The molecule has 0 saturated heterocycles. The third kappa shape index (κ3) is 5.84. The van der Waals surface area contributed by atoms with Gasteiger partial charge in [-0.05, 0) is 30.4 Å². The number of carboxylic acid groups (broad SMARTS) is 1. The number of aromatic carboxylic acids is 1. The molecule has 0 heterocycles. The molecule has 0 radical (unpaired) electrons. The number of carbonyl (C=O) groups is 1. The molecule has 0 saturated carbocycles. The van der Waals surface area contributed by atoms with Crippen LogP contribution in [0.5, 0.6) is 0 Å². The van der Waals surface area contributed by atoms with Gasteiger partial charge >= 0.3 is 5.97 Å². The first kappa shape index (κ1) is 18.2. The first-order chi connectivity index (χ1) is 9.88. The third-order valence-corrected chi connectivity index (χ3v) is 5.32. The van der Waals surface area contributed by atoms with Gasteiger partial charge in [0.2, 0.25) is 10.0 Å². The van der Waals surface area contributed by atoms with Gasteiger partial charge < -0.3 is 10.2 Å². The zero-order chi connectivity index (χ0) is 15.9. The van der Waals surface area contributed by atoms with Gasteiger partial charge in [0.15, 0.2) is 0 Å². The number of hydrogen-bond acceptors (Lipinski definition) is 5. The summed E-state index contributed by atoms with van der Waals surface area (Å²) in [5.74, 6) is 0.0395. The number of aliphatic hydroxyl groups is 1. The molecule has 0 aromatic heterocycles. The quantitative estimate of drug-likeness (QED) is 0.580. The van der Waals surface area contributed by atoms with E-state index in [1.165, 1.54) is 23.9 Å². The molecule has 0 bridgehead atoms. The lowest BCUT2D eigenvalue weighted by molar-refractivity contribution is 0.0697. The first-order valence-electron chi connectivity index (χ1n) is 6.09. The van der Waals surface area contributed by atoms with Crippen molar-refractivity contribution < 1.29 is 23.4 Å². The summed E-state index contributed by atoms with van der Waals surface area (Å²) < 4.78 is 26.4. The van der Waals surface area contributed by atoms with Crippen LogP contribution in [0.25, 0.3) is 0 Å². The molecule has 0 spiro atoms. The average Bonchev–Trinajstić information content (AvgIpc) is 2.42. The van der Waals surface area contributed by atoms with Gasteiger partial charge in [-0.15, -0.1) is 0 Å². The molecule has 3 N–H and O–H groups in total. The van der Waals surface area contributed by atoms with Crippen molar-refractivity contribution in [2.75, 3.05) is 24.7 Å². The van der Waals surface area contributed by atoms with Crippen molar-refractivity contribution in [3.8, 4) is 0 Å². The van der Waals surface area contributed by atoms with Gasteiger partial charge in [0, 0.05) is 18.9 Å². The van der Waals surface area contributed by atoms with E-state index in [0.29, 0.717) is 12.2 Å².